The van der Waals surface area contributed by atoms with Gasteiger partial charge in [0.1, 0.15) is 0 Å². The van der Waals surface area contributed by atoms with E-state index in [-0.39, 0.29) is 0 Å². The van der Waals surface area contributed by atoms with Gasteiger partial charge in [-0.15, -0.1) is 0 Å². The highest BCUT2D eigenvalue weighted by Crippen LogP contribution is 2.17. The quantitative estimate of drug-likeness (QED) is 0.623. The van der Waals surface area contributed by atoms with Crippen molar-refractivity contribution in [3.8, 4) is 0 Å². The van der Waals surface area contributed by atoms with Crippen LogP contribution in [0.1, 0.15) is 61.3 Å². The maximum atomic E-state index is 3.69. The van der Waals surface area contributed by atoms with Gasteiger partial charge in [-0.2, -0.15) is 0 Å². The zero-order valence-electron chi connectivity index (χ0n) is 13.8. The lowest BCUT2D eigenvalue weighted by molar-refractivity contribution is 0.308. The van der Waals surface area contributed by atoms with Crippen LogP contribution in [0.3, 0.4) is 0 Å². The molecule has 0 fully saturated rings. The molecule has 0 spiro atoms. The van der Waals surface area contributed by atoms with E-state index in [9.17, 15) is 0 Å². The van der Waals surface area contributed by atoms with Crippen LogP contribution in [0.4, 0.5) is 0 Å². The third kappa shape index (κ3) is 8.10. The smallest absolute Gasteiger partial charge is 0.0189 e. The Bertz CT molecular complexity index is 199. The van der Waals surface area contributed by atoms with Gasteiger partial charge < -0.3 is 10.6 Å². The molecule has 0 aliphatic rings. The number of nitrogens with one attached hydrogen (secondary N) is 2. The Morgan fingerprint density at radius 3 is 2.06 bits per heavy atom. The predicted octanol–water partition coefficient (Wildman–Crippen LogP) is 3.67. The second-order valence-electron chi connectivity index (χ2n) is 6.88. The van der Waals surface area contributed by atoms with Crippen LogP contribution in [0.2, 0.25) is 0 Å². The van der Waals surface area contributed by atoms with Gasteiger partial charge in [0.15, 0.2) is 0 Å². The fourth-order valence-electron chi connectivity index (χ4n) is 1.66. The molecule has 110 valence electrons. The first-order valence-corrected chi connectivity index (χ1v) is 7.76. The van der Waals surface area contributed by atoms with Crippen LogP contribution in [-0.4, -0.2) is 25.7 Å². The summed E-state index contributed by atoms with van der Waals surface area (Å²) in [6.45, 7) is 19.5. The van der Waals surface area contributed by atoms with Gasteiger partial charge in [0.25, 0.3) is 0 Å². The van der Waals surface area contributed by atoms with Gasteiger partial charge in [-0.1, -0.05) is 48.5 Å². The molecule has 0 aromatic carbocycles. The Labute approximate surface area is 115 Å². The molecule has 2 unspecified atom stereocenters. The lowest BCUT2D eigenvalue weighted by atomic mass is 9.90. The molecule has 0 aromatic heterocycles. The van der Waals surface area contributed by atoms with Crippen molar-refractivity contribution < 1.29 is 0 Å². The van der Waals surface area contributed by atoms with Crippen LogP contribution in [0.25, 0.3) is 0 Å². The standard InChI is InChI=1S/C16H36N2/c1-8-15(18-10-14(5)13(3)4)11-17-12-16(6,7)9-2/h13-15,17-18H,8-12H2,1-7H3. The first-order chi connectivity index (χ1) is 8.32. The fraction of sp³-hybridized carbons (Fsp3) is 1.00. The van der Waals surface area contributed by atoms with Gasteiger partial charge >= 0.3 is 0 Å². The van der Waals surface area contributed by atoms with Gasteiger partial charge in [0, 0.05) is 19.1 Å². The first kappa shape index (κ1) is 17.9. The van der Waals surface area contributed by atoms with E-state index in [1.807, 2.05) is 0 Å². The Hall–Kier alpha value is -0.0800. The molecular weight excluding hydrogens is 220 g/mol. The zero-order valence-corrected chi connectivity index (χ0v) is 13.8. The predicted molar refractivity (Wildman–Crippen MR) is 83.0 cm³/mol. The largest absolute Gasteiger partial charge is 0.315 e. The summed E-state index contributed by atoms with van der Waals surface area (Å²) in [7, 11) is 0. The molecule has 0 aliphatic heterocycles. The summed E-state index contributed by atoms with van der Waals surface area (Å²) >= 11 is 0. The number of hydrogen-bond acceptors (Lipinski definition) is 2. The first-order valence-electron chi connectivity index (χ1n) is 7.76. The van der Waals surface area contributed by atoms with Crippen LogP contribution in [0, 0.1) is 17.3 Å². The monoisotopic (exact) mass is 256 g/mol. The maximum Gasteiger partial charge on any atom is 0.0189 e. The molecule has 0 saturated heterocycles. The van der Waals surface area contributed by atoms with Crippen LogP contribution in [0.15, 0.2) is 0 Å². The van der Waals surface area contributed by atoms with Crippen LogP contribution in [-0.2, 0) is 0 Å². The minimum absolute atomic E-state index is 0.420. The molecule has 2 nitrogen and oxygen atoms in total. The molecule has 0 heterocycles. The molecule has 0 saturated carbocycles. The van der Waals surface area contributed by atoms with Crippen LogP contribution < -0.4 is 10.6 Å². The van der Waals surface area contributed by atoms with E-state index in [2.05, 4.69) is 59.1 Å². The van der Waals surface area contributed by atoms with Gasteiger partial charge in [0.05, 0.1) is 0 Å². The summed E-state index contributed by atoms with van der Waals surface area (Å²) in [6, 6.07) is 0.610. The average molecular weight is 256 g/mol. The van der Waals surface area contributed by atoms with E-state index in [0.29, 0.717) is 11.5 Å². The van der Waals surface area contributed by atoms with E-state index in [1.54, 1.807) is 0 Å². The molecule has 0 aromatic rings. The summed E-state index contributed by atoms with van der Waals surface area (Å²) in [4.78, 5) is 0. The summed E-state index contributed by atoms with van der Waals surface area (Å²) in [5.41, 5.74) is 0.420. The van der Waals surface area contributed by atoms with Gasteiger partial charge in [-0.3, -0.25) is 0 Å². The number of rotatable bonds is 10. The van der Waals surface area contributed by atoms with Crippen LogP contribution in [0.5, 0.6) is 0 Å². The number of hydrogen-bond donors (Lipinski definition) is 2. The molecule has 0 rings (SSSR count). The normalized spacial score (nSPS) is 16.0. The lowest BCUT2D eigenvalue weighted by Gasteiger charge is -2.26. The van der Waals surface area contributed by atoms with Crippen molar-refractivity contribution >= 4 is 0 Å². The fourth-order valence-corrected chi connectivity index (χ4v) is 1.66. The van der Waals surface area contributed by atoms with E-state index in [1.165, 1.54) is 12.8 Å². The molecule has 2 atom stereocenters. The summed E-state index contributed by atoms with van der Waals surface area (Å²) in [5.74, 6) is 1.52. The third-order valence-electron chi connectivity index (χ3n) is 4.31. The van der Waals surface area contributed by atoms with Crippen molar-refractivity contribution in [1.82, 2.24) is 10.6 Å². The van der Waals surface area contributed by atoms with E-state index >= 15 is 0 Å². The van der Waals surface area contributed by atoms with E-state index < -0.39 is 0 Å². The highest BCUT2D eigenvalue weighted by Gasteiger charge is 2.15. The van der Waals surface area contributed by atoms with Crippen molar-refractivity contribution in [3.63, 3.8) is 0 Å². The maximum absolute atomic E-state index is 3.69. The summed E-state index contributed by atoms with van der Waals surface area (Å²) in [5, 5.41) is 7.31. The Kier molecular flexibility index (Phi) is 8.89. The van der Waals surface area contributed by atoms with Crippen molar-refractivity contribution in [2.45, 2.75) is 67.3 Å². The van der Waals surface area contributed by atoms with Crippen molar-refractivity contribution in [1.29, 1.82) is 0 Å². The molecule has 2 heteroatoms. The molecular formula is C16H36N2. The Morgan fingerprint density at radius 1 is 1.00 bits per heavy atom. The van der Waals surface area contributed by atoms with Crippen molar-refractivity contribution in [2.24, 2.45) is 17.3 Å². The molecule has 0 amide bonds. The highest BCUT2D eigenvalue weighted by atomic mass is 15.0. The molecule has 18 heavy (non-hydrogen) atoms. The topological polar surface area (TPSA) is 24.1 Å². The minimum atomic E-state index is 0.420. The van der Waals surface area contributed by atoms with E-state index in [0.717, 1.165) is 31.5 Å². The summed E-state index contributed by atoms with van der Waals surface area (Å²) in [6.07, 6.45) is 2.43. The molecule has 0 bridgehead atoms. The molecule has 0 radical (unpaired) electrons. The van der Waals surface area contributed by atoms with Gasteiger partial charge in [0.2, 0.25) is 0 Å². The Morgan fingerprint density at radius 2 is 1.61 bits per heavy atom. The van der Waals surface area contributed by atoms with E-state index in [4.69, 9.17) is 0 Å². The second kappa shape index (κ2) is 8.92. The van der Waals surface area contributed by atoms with Crippen LogP contribution >= 0.6 is 0 Å². The van der Waals surface area contributed by atoms with Crippen molar-refractivity contribution in [3.05, 3.63) is 0 Å². The third-order valence-corrected chi connectivity index (χ3v) is 4.31. The Balaban J connectivity index is 3.84. The van der Waals surface area contributed by atoms with Gasteiger partial charge in [-0.25, -0.2) is 0 Å². The second-order valence-corrected chi connectivity index (χ2v) is 6.88. The average Bonchev–Trinajstić information content (AvgIpc) is 2.32. The summed E-state index contributed by atoms with van der Waals surface area (Å²) < 4.78 is 0. The minimum Gasteiger partial charge on any atom is -0.315 e. The molecule has 2 N–H and O–H groups in total. The van der Waals surface area contributed by atoms with Crippen molar-refractivity contribution in [2.75, 3.05) is 19.6 Å². The highest BCUT2D eigenvalue weighted by molar-refractivity contribution is 4.74. The lowest BCUT2D eigenvalue weighted by Crippen LogP contribution is -2.43. The van der Waals surface area contributed by atoms with Gasteiger partial charge in [-0.05, 0) is 36.6 Å². The zero-order chi connectivity index (χ0) is 14.2. The SMILES string of the molecule is CCC(CNCC(C)(C)CC)NCC(C)C(C)C. The molecule has 0 aliphatic carbocycles.